The third-order valence-corrected chi connectivity index (χ3v) is 4.01. The zero-order valence-electron chi connectivity index (χ0n) is 13.1. The standard InChI is InChI=1S/C19H15N5/c1-12-4-2-3-5-14(12)15-10-22-11-16-17(15)18(20)24-19(23-16)13-6-8-21-9-7-13/h2-11H,1H3,(H2,20,23,24). The second kappa shape index (κ2) is 5.70. The molecule has 5 nitrogen and oxygen atoms in total. The molecule has 4 aromatic rings. The van der Waals surface area contributed by atoms with Crippen LogP contribution in [0, 0.1) is 6.92 Å². The van der Waals surface area contributed by atoms with E-state index in [1.807, 2.05) is 30.5 Å². The summed E-state index contributed by atoms with van der Waals surface area (Å²) in [7, 11) is 0. The lowest BCUT2D eigenvalue weighted by atomic mass is 9.99. The molecule has 0 amide bonds. The summed E-state index contributed by atoms with van der Waals surface area (Å²) in [6.45, 7) is 2.07. The Labute approximate surface area is 139 Å². The van der Waals surface area contributed by atoms with Crippen LogP contribution in [0.25, 0.3) is 33.4 Å². The highest BCUT2D eigenvalue weighted by Crippen LogP contribution is 2.33. The molecule has 0 atom stereocenters. The van der Waals surface area contributed by atoms with Gasteiger partial charge in [0.2, 0.25) is 0 Å². The maximum Gasteiger partial charge on any atom is 0.162 e. The fraction of sp³-hybridized carbons (Fsp3) is 0.0526. The summed E-state index contributed by atoms with van der Waals surface area (Å²) in [6, 6.07) is 11.9. The average Bonchev–Trinajstić information content (AvgIpc) is 2.62. The van der Waals surface area contributed by atoms with Crippen LogP contribution in [0.15, 0.2) is 61.2 Å². The van der Waals surface area contributed by atoms with Crippen LogP contribution in [0.5, 0.6) is 0 Å². The Balaban J connectivity index is 1.98. The molecule has 5 heteroatoms. The predicted molar refractivity (Wildman–Crippen MR) is 95.1 cm³/mol. The van der Waals surface area contributed by atoms with Gasteiger partial charge in [0.25, 0.3) is 0 Å². The van der Waals surface area contributed by atoms with Crippen molar-refractivity contribution in [3.63, 3.8) is 0 Å². The minimum absolute atomic E-state index is 0.451. The van der Waals surface area contributed by atoms with Crippen molar-refractivity contribution in [2.24, 2.45) is 0 Å². The molecule has 0 radical (unpaired) electrons. The number of benzene rings is 1. The Morgan fingerprint density at radius 2 is 1.62 bits per heavy atom. The molecule has 0 aliphatic rings. The van der Waals surface area contributed by atoms with Crippen molar-refractivity contribution < 1.29 is 0 Å². The zero-order chi connectivity index (χ0) is 16.5. The van der Waals surface area contributed by atoms with Gasteiger partial charge in [0, 0.05) is 29.7 Å². The van der Waals surface area contributed by atoms with E-state index in [0.717, 1.165) is 33.2 Å². The molecule has 0 aliphatic heterocycles. The Morgan fingerprint density at radius 3 is 2.42 bits per heavy atom. The van der Waals surface area contributed by atoms with Crippen molar-refractivity contribution in [1.82, 2.24) is 19.9 Å². The molecule has 0 unspecified atom stereocenters. The SMILES string of the molecule is Cc1ccccc1-c1cncc2nc(-c3ccncc3)nc(N)c12. The summed E-state index contributed by atoms with van der Waals surface area (Å²) in [5.41, 5.74) is 11.1. The Bertz CT molecular complexity index is 1030. The average molecular weight is 313 g/mol. The van der Waals surface area contributed by atoms with Crippen LogP contribution in [0.4, 0.5) is 5.82 Å². The zero-order valence-corrected chi connectivity index (χ0v) is 13.1. The van der Waals surface area contributed by atoms with Gasteiger partial charge in [0.15, 0.2) is 5.82 Å². The van der Waals surface area contributed by atoms with Crippen LogP contribution in [-0.2, 0) is 0 Å². The number of rotatable bonds is 2. The number of fused-ring (bicyclic) bond motifs is 1. The number of nitrogens with two attached hydrogens (primary N) is 1. The van der Waals surface area contributed by atoms with Crippen molar-refractivity contribution in [2.45, 2.75) is 6.92 Å². The van der Waals surface area contributed by atoms with Gasteiger partial charge in [-0.1, -0.05) is 24.3 Å². The summed E-state index contributed by atoms with van der Waals surface area (Å²) < 4.78 is 0. The lowest BCUT2D eigenvalue weighted by Crippen LogP contribution is -2.00. The fourth-order valence-corrected chi connectivity index (χ4v) is 2.82. The molecule has 3 aromatic heterocycles. The largest absolute Gasteiger partial charge is 0.383 e. The number of nitrogen functional groups attached to an aromatic ring is 1. The molecule has 0 saturated carbocycles. The summed E-state index contributed by atoms with van der Waals surface area (Å²) in [5.74, 6) is 1.03. The molecule has 0 saturated heterocycles. The van der Waals surface area contributed by atoms with E-state index in [4.69, 9.17) is 5.73 Å². The van der Waals surface area contributed by atoms with Gasteiger partial charge in [0.05, 0.1) is 17.1 Å². The molecule has 0 aliphatic carbocycles. The van der Waals surface area contributed by atoms with Gasteiger partial charge in [-0.05, 0) is 30.2 Å². The van der Waals surface area contributed by atoms with Crippen LogP contribution in [0.1, 0.15) is 5.56 Å². The normalized spacial score (nSPS) is 10.9. The number of aryl methyl sites for hydroxylation is 1. The maximum absolute atomic E-state index is 6.29. The van der Waals surface area contributed by atoms with Gasteiger partial charge >= 0.3 is 0 Å². The minimum atomic E-state index is 0.451. The predicted octanol–water partition coefficient (Wildman–Crippen LogP) is 3.64. The molecule has 3 heterocycles. The van der Waals surface area contributed by atoms with Gasteiger partial charge in [-0.2, -0.15) is 0 Å². The topological polar surface area (TPSA) is 77.6 Å². The number of hydrogen-bond donors (Lipinski definition) is 1. The smallest absolute Gasteiger partial charge is 0.162 e. The van der Waals surface area contributed by atoms with E-state index < -0.39 is 0 Å². The van der Waals surface area contributed by atoms with E-state index in [0.29, 0.717) is 11.6 Å². The van der Waals surface area contributed by atoms with E-state index in [-0.39, 0.29) is 0 Å². The molecule has 1 aromatic carbocycles. The van der Waals surface area contributed by atoms with Crippen molar-refractivity contribution in [1.29, 1.82) is 0 Å². The number of nitrogens with zero attached hydrogens (tertiary/aromatic N) is 4. The first-order valence-corrected chi connectivity index (χ1v) is 7.61. The Kier molecular flexibility index (Phi) is 3.39. The van der Waals surface area contributed by atoms with Crippen LogP contribution >= 0.6 is 0 Å². The van der Waals surface area contributed by atoms with Crippen molar-refractivity contribution in [2.75, 3.05) is 5.73 Å². The fourth-order valence-electron chi connectivity index (χ4n) is 2.82. The van der Waals surface area contributed by atoms with E-state index in [9.17, 15) is 0 Å². The lowest BCUT2D eigenvalue weighted by molar-refractivity contribution is 1.20. The molecule has 24 heavy (non-hydrogen) atoms. The van der Waals surface area contributed by atoms with Crippen LogP contribution in [0.3, 0.4) is 0 Å². The number of aromatic nitrogens is 4. The molecule has 4 rings (SSSR count). The van der Waals surface area contributed by atoms with Crippen molar-refractivity contribution >= 4 is 16.7 Å². The molecule has 0 spiro atoms. The van der Waals surface area contributed by atoms with Crippen molar-refractivity contribution in [3.05, 3.63) is 66.7 Å². The Morgan fingerprint density at radius 1 is 0.833 bits per heavy atom. The Hall–Kier alpha value is -3.34. The van der Waals surface area contributed by atoms with Crippen molar-refractivity contribution in [3.8, 4) is 22.5 Å². The second-order valence-corrected chi connectivity index (χ2v) is 5.56. The quantitative estimate of drug-likeness (QED) is 0.611. The minimum Gasteiger partial charge on any atom is -0.383 e. The first kappa shape index (κ1) is 14.3. The molecule has 0 bridgehead atoms. The van der Waals surface area contributed by atoms with Gasteiger partial charge in [-0.25, -0.2) is 9.97 Å². The van der Waals surface area contributed by atoms with Crippen LogP contribution < -0.4 is 5.73 Å². The van der Waals surface area contributed by atoms with E-state index in [1.54, 1.807) is 18.6 Å². The summed E-state index contributed by atoms with van der Waals surface area (Å²) in [5, 5.41) is 0.831. The highest BCUT2D eigenvalue weighted by molar-refractivity contribution is 6.01. The maximum atomic E-state index is 6.29. The number of anilines is 1. The highest BCUT2D eigenvalue weighted by Gasteiger charge is 2.13. The number of pyridine rings is 2. The van der Waals surface area contributed by atoms with E-state index in [2.05, 4.69) is 39.0 Å². The van der Waals surface area contributed by atoms with Gasteiger partial charge in [-0.15, -0.1) is 0 Å². The molecule has 2 N–H and O–H groups in total. The first-order chi connectivity index (χ1) is 11.7. The summed E-state index contributed by atoms with van der Waals surface area (Å²) in [6.07, 6.45) is 6.96. The third-order valence-electron chi connectivity index (χ3n) is 4.01. The third kappa shape index (κ3) is 2.36. The molecular weight excluding hydrogens is 298 g/mol. The van der Waals surface area contributed by atoms with Crippen LogP contribution in [-0.4, -0.2) is 19.9 Å². The lowest BCUT2D eigenvalue weighted by Gasteiger charge is -2.11. The van der Waals surface area contributed by atoms with Gasteiger partial charge in [0.1, 0.15) is 5.82 Å². The summed E-state index contributed by atoms with van der Waals surface area (Å²) in [4.78, 5) is 17.5. The molecular formula is C19H15N5. The highest BCUT2D eigenvalue weighted by atomic mass is 15.0. The summed E-state index contributed by atoms with van der Waals surface area (Å²) >= 11 is 0. The van der Waals surface area contributed by atoms with E-state index >= 15 is 0 Å². The molecule has 0 fully saturated rings. The second-order valence-electron chi connectivity index (χ2n) is 5.56. The van der Waals surface area contributed by atoms with Gasteiger partial charge < -0.3 is 5.73 Å². The first-order valence-electron chi connectivity index (χ1n) is 7.61. The molecule has 116 valence electrons. The van der Waals surface area contributed by atoms with E-state index in [1.165, 1.54) is 0 Å². The number of hydrogen-bond acceptors (Lipinski definition) is 5. The van der Waals surface area contributed by atoms with Crippen LogP contribution in [0.2, 0.25) is 0 Å². The monoisotopic (exact) mass is 313 g/mol. The van der Waals surface area contributed by atoms with Gasteiger partial charge in [-0.3, -0.25) is 9.97 Å².